The van der Waals surface area contributed by atoms with Crippen LogP contribution < -0.4 is 5.32 Å². The van der Waals surface area contributed by atoms with Gasteiger partial charge in [0.25, 0.3) is 0 Å². The van der Waals surface area contributed by atoms with Gasteiger partial charge in [0.1, 0.15) is 7.28 Å². The molecule has 1 heterocycles. The predicted molar refractivity (Wildman–Crippen MR) is 100 cm³/mol. The third-order valence-electron chi connectivity index (χ3n) is 4.29. The van der Waals surface area contributed by atoms with Crippen LogP contribution in [-0.2, 0) is 17.5 Å². The lowest BCUT2D eigenvalue weighted by Gasteiger charge is -2.27. The molecule has 1 aliphatic rings. The van der Waals surface area contributed by atoms with Crippen molar-refractivity contribution in [3.05, 3.63) is 59.3 Å². The van der Waals surface area contributed by atoms with Crippen LogP contribution in [0.1, 0.15) is 54.6 Å². The minimum atomic E-state index is -0.224. The number of fused-ring (bicyclic) bond motifs is 1. The van der Waals surface area contributed by atoms with Gasteiger partial charge in [-0.1, -0.05) is 30.6 Å². The second-order valence-corrected chi connectivity index (χ2v) is 6.47. The first-order valence-electron chi connectivity index (χ1n) is 8.71. The lowest BCUT2D eigenvalue weighted by atomic mass is 9.57. The van der Waals surface area contributed by atoms with E-state index >= 15 is 0 Å². The van der Waals surface area contributed by atoms with E-state index in [1.54, 1.807) is 0 Å². The molecule has 0 fully saturated rings. The maximum atomic E-state index is 12.1. The Labute approximate surface area is 146 Å². The van der Waals surface area contributed by atoms with Gasteiger partial charge in [0.15, 0.2) is 0 Å². The van der Waals surface area contributed by atoms with E-state index in [1.165, 1.54) is 11.1 Å². The Morgan fingerprint density at radius 1 is 1.38 bits per heavy atom. The predicted octanol–water partition coefficient (Wildman–Crippen LogP) is 3.80. The van der Waals surface area contributed by atoms with E-state index in [0.717, 1.165) is 43.3 Å². The van der Waals surface area contributed by atoms with Crippen LogP contribution in [0.3, 0.4) is 0 Å². The molecule has 1 atom stereocenters. The summed E-state index contributed by atoms with van der Waals surface area (Å²) in [6, 6.07) is 5.90. The number of hydrogen-bond acceptors (Lipinski definition) is 3. The molecule has 1 aromatic carbocycles. The van der Waals surface area contributed by atoms with Gasteiger partial charge in [-0.25, -0.2) is 4.79 Å². The van der Waals surface area contributed by atoms with Crippen LogP contribution in [0.25, 0.3) is 0 Å². The van der Waals surface area contributed by atoms with E-state index < -0.39 is 0 Å². The average Bonchev–Trinajstić information content (AvgIpc) is 2.54. The highest BCUT2D eigenvalue weighted by Crippen LogP contribution is 2.23. The van der Waals surface area contributed by atoms with E-state index in [-0.39, 0.29) is 11.9 Å². The molecule has 0 spiro atoms. The topological polar surface area (TPSA) is 38.3 Å². The molecule has 1 radical (unpaired) electrons. The monoisotopic (exact) mass is 324 g/mol. The summed E-state index contributed by atoms with van der Waals surface area (Å²) in [4.78, 5) is 12.1. The van der Waals surface area contributed by atoms with Gasteiger partial charge in [-0.2, -0.15) is 0 Å². The zero-order valence-electron chi connectivity index (χ0n) is 14.9. The summed E-state index contributed by atoms with van der Waals surface area (Å²) in [6.07, 6.45) is 4.74. The van der Waals surface area contributed by atoms with Crippen molar-refractivity contribution in [2.24, 2.45) is 0 Å². The van der Waals surface area contributed by atoms with Crippen LogP contribution in [0.15, 0.2) is 42.6 Å². The van der Waals surface area contributed by atoms with Gasteiger partial charge in [0, 0.05) is 5.70 Å². The van der Waals surface area contributed by atoms with Crippen molar-refractivity contribution in [1.29, 1.82) is 0 Å². The van der Waals surface area contributed by atoms with Crippen molar-refractivity contribution in [1.82, 2.24) is 5.32 Å². The number of rotatable bonds is 8. The Kier molecular flexibility index (Phi) is 6.71. The van der Waals surface area contributed by atoms with Crippen molar-refractivity contribution < 1.29 is 9.53 Å². The van der Waals surface area contributed by atoms with Crippen LogP contribution in [0.2, 0.25) is 0 Å². The molecule has 0 aliphatic carbocycles. The summed E-state index contributed by atoms with van der Waals surface area (Å²) >= 11 is 0. The fraction of sp³-hybridized carbons (Fsp3) is 0.450. The first kappa shape index (κ1) is 18.4. The van der Waals surface area contributed by atoms with E-state index in [1.807, 2.05) is 19.1 Å². The fourth-order valence-corrected chi connectivity index (χ4v) is 3.10. The van der Waals surface area contributed by atoms with E-state index in [9.17, 15) is 4.79 Å². The van der Waals surface area contributed by atoms with Gasteiger partial charge < -0.3 is 10.1 Å². The molecule has 1 aromatic rings. The van der Waals surface area contributed by atoms with Gasteiger partial charge in [-0.3, -0.25) is 0 Å². The molecule has 127 valence electrons. The number of carbonyl (C=O) groups is 1. The molecular weight excluding hydrogens is 297 g/mol. The highest BCUT2D eigenvalue weighted by molar-refractivity contribution is 6.38. The zero-order chi connectivity index (χ0) is 17.5. The minimum Gasteiger partial charge on any atom is -0.462 e. The summed E-state index contributed by atoms with van der Waals surface area (Å²) < 4.78 is 5.16. The van der Waals surface area contributed by atoms with Gasteiger partial charge in [-0.05, 0) is 62.7 Å². The van der Waals surface area contributed by atoms with Crippen LogP contribution in [-0.4, -0.2) is 25.8 Å². The Bertz CT molecular complexity index is 624. The van der Waals surface area contributed by atoms with Crippen LogP contribution in [0.4, 0.5) is 0 Å². The summed E-state index contributed by atoms with van der Waals surface area (Å²) in [5.41, 5.74) is 5.30. The first-order chi connectivity index (χ1) is 11.5. The molecular formula is C20H27BNO2. The number of benzene rings is 1. The first-order valence-corrected chi connectivity index (χ1v) is 8.71. The molecule has 0 amide bonds. The molecule has 24 heavy (non-hydrogen) atoms. The SMILES string of the molecule is C=C(C)CCCC(=C)NC1[B]Cc2c(cccc2C(=O)OCC)C1. The van der Waals surface area contributed by atoms with E-state index in [4.69, 9.17) is 4.74 Å². The second-order valence-electron chi connectivity index (χ2n) is 6.47. The van der Waals surface area contributed by atoms with Crippen molar-refractivity contribution in [2.75, 3.05) is 6.61 Å². The molecule has 0 saturated carbocycles. The standard InChI is InChI=1S/C20H27BNO2/c1-5-24-20(23)17-11-7-10-16-12-19(21-13-18(16)17)22-15(4)9-6-8-14(2)3/h7,10-11,19,22H,2,4-6,8-9,12-13H2,1,3H3. The highest BCUT2D eigenvalue weighted by atomic mass is 16.5. The second kappa shape index (κ2) is 8.77. The molecule has 0 bridgehead atoms. The lowest BCUT2D eigenvalue weighted by Crippen LogP contribution is -2.40. The third kappa shape index (κ3) is 5.02. The fourth-order valence-electron chi connectivity index (χ4n) is 3.10. The maximum Gasteiger partial charge on any atom is 0.338 e. The number of hydrogen-bond donors (Lipinski definition) is 1. The number of nitrogens with one attached hydrogen (secondary N) is 1. The Morgan fingerprint density at radius 2 is 2.17 bits per heavy atom. The van der Waals surface area contributed by atoms with Gasteiger partial charge in [0.05, 0.1) is 12.2 Å². The zero-order valence-corrected chi connectivity index (χ0v) is 14.9. The molecule has 4 heteroatoms. The molecule has 0 saturated heterocycles. The number of esters is 1. The number of allylic oxidation sites excluding steroid dienone is 2. The van der Waals surface area contributed by atoms with Crippen molar-refractivity contribution >= 4 is 13.2 Å². The van der Waals surface area contributed by atoms with Gasteiger partial charge >= 0.3 is 5.97 Å². The molecule has 1 N–H and O–H groups in total. The quantitative estimate of drug-likeness (QED) is 0.449. The Hall–Kier alpha value is -1.97. The Morgan fingerprint density at radius 3 is 2.88 bits per heavy atom. The number of carbonyl (C=O) groups excluding carboxylic acids is 1. The largest absolute Gasteiger partial charge is 0.462 e. The maximum absolute atomic E-state index is 12.1. The Balaban J connectivity index is 1.95. The molecule has 3 nitrogen and oxygen atoms in total. The summed E-state index contributed by atoms with van der Waals surface area (Å²) in [5, 5.41) is 3.51. The normalized spacial score (nSPS) is 15.8. The van der Waals surface area contributed by atoms with Crippen molar-refractivity contribution in [3.63, 3.8) is 0 Å². The van der Waals surface area contributed by atoms with Gasteiger partial charge in [0.2, 0.25) is 0 Å². The molecule has 1 aliphatic heterocycles. The average molecular weight is 324 g/mol. The minimum absolute atomic E-state index is 0.224. The molecule has 2 rings (SSSR count). The molecule has 1 unspecified atom stereocenters. The number of ether oxygens (including phenoxy) is 1. The highest BCUT2D eigenvalue weighted by Gasteiger charge is 2.24. The van der Waals surface area contributed by atoms with Gasteiger partial charge in [-0.15, -0.1) is 6.58 Å². The van der Waals surface area contributed by atoms with Crippen LogP contribution in [0.5, 0.6) is 0 Å². The van der Waals surface area contributed by atoms with Crippen LogP contribution in [0, 0.1) is 0 Å². The van der Waals surface area contributed by atoms with E-state index in [0.29, 0.717) is 12.2 Å². The summed E-state index contributed by atoms with van der Waals surface area (Å²) in [7, 11) is 2.23. The lowest BCUT2D eigenvalue weighted by molar-refractivity contribution is 0.0525. The van der Waals surface area contributed by atoms with Crippen molar-refractivity contribution in [2.45, 2.75) is 51.8 Å². The van der Waals surface area contributed by atoms with Crippen molar-refractivity contribution in [3.8, 4) is 0 Å². The summed E-state index contributed by atoms with van der Waals surface area (Å²) in [6.45, 7) is 12.4. The van der Waals surface area contributed by atoms with E-state index in [2.05, 4.69) is 38.7 Å². The molecule has 0 aromatic heterocycles. The smallest absolute Gasteiger partial charge is 0.338 e. The third-order valence-corrected chi connectivity index (χ3v) is 4.29. The summed E-state index contributed by atoms with van der Waals surface area (Å²) in [5.74, 6) is 0.0469. The van der Waals surface area contributed by atoms with Crippen LogP contribution >= 0.6 is 0 Å².